The molecule has 1 aromatic carbocycles. The Hall–Kier alpha value is -2.64. The lowest BCUT2D eigenvalue weighted by Crippen LogP contribution is -2.37. The summed E-state index contributed by atoms with van der Waals surface area (Å²) < 4.78 is 11.6. The Morgan fingerprint density at radius 2 is 2.04 bits per heavy atom. The van der Waals surface area contributed by atoms with E-state index in [9.17, 15) is 0 Å². The Morgan fingerprint density at radius 3 is 2.89 bits per heavy atom. The molecule has 0 atom stereocenters. The molecule has 140 valence electrons. The van der Waals surface area contributed by atoms with E-state index in [1.165, 1.54) is 11.1 Å². The molecule has 0 bridgehead atoms. The van der Waals surface area contributed by atoms with Gasteiger partial charge in [0.05, 0.1) is 24.5 Å². The van der Waals surface area contributed by atoms with Gasteiger partial charge in [0.25, 0.3) is 0 Å². The summed E-state index contributed by atoms with van der Waals surface area (Å²) in [6.07, 6.45) is 4.93. The van der Waals surface area contributed by atoms with Crippen molar-refractivity contribution in [3.8, 4) is 5.75 Å². The summed E-state index contributed by atoms with van der Waals surface area (Å²) in [5, 5.41) is 6.85. The maximum Gasteiger partial charge on any atom is 0.143 e. The SMILES string of the molecule is C1=C(c2ccc3c(c2)Nc2ncnc(N4CCOCC4)c2CO3)CCNC1. The molecule has 0 amide bonds. The third kappa shape index (κ3) is 3.24. The van der Waals surface area contributed by atoms with Crippen LogP contribution < -0.4 is 20.3 Å². The van der Waals surface area contributed by atoms with Crippen LogP contribution in [0, 0.1) is 0 Å². The topological polar surface area (TPSA) is 71.5 Å². The number of hydrogen-bond acceptors (Lipinski definition) is 7. The van der Waals surface area contributed by atoms with Gasteiger partial charge in [-0.25, -0.2) is 9.97 Å². The molecule has 0 saturated carbocycles. The van der Waals surface area contributed by atoms with Crippen LogP contribution in [0.25, 0.3) is 5.57 Å². The molecule has 1 saturated heterocycles. The number of nitrogens with one attached hydrogen (secondary N) is 2. The van der Waals surface area contributed by atoms with Gasteiger partial charge in [-0.05, 0) is 36.2 Å². The largest absolute Gasteiger partial charge is 0.486 e. The molecule has 0 spiro atoms. The van der Waals surface area contributed by atoms with E-state index in [1.807, 2.05) is 6.07 Å². The highest BCUT2D eigenvalue weighted by atomic mass is 16.5. The molecule has 1 fully saturated rings. The molecule has 7 nitrogen and oxygen atoms in total. The fourth-order valence-electron chi connectivity index (χ4n) is 3.81. The van der Waals surface area contributed by atoms with Crippen molar-refractivity contribution in [3.05, 3.63) is 41.7 Å². The lowest BCUT2D eigenvalue weighted by Gasteiger charge is -2.29. The van der Waals surface area contributed by atoms with Crippen molar-refractivity contribution in [2.75, 3.05) is 49.6 Å². The average molecular weight is 365 g/mol. The van der Waals surface area contributed by atoms with E-state index in [1.54, 1.807) is 6.33 Å². The number of ether oxygens (including phenoxy) is 2. The summed E-state index contributed by atoms with van der Waals surface area (Å²) in [6, 6.07) is 6.36. The first-order valence-electron chi connectivity index (χ1n) is 9.49. The van der Waals surface area contributed by atoms with Crippen LogP contribution in [0.2, 0.25) is 0 Å². The molecule has 2 aromatic rings. The van der Waals surface area contributed by atoms with E-state index in [-0.39, 0.29) is 0 Å². The monoisotopic (exact) mass is 365 g/mol. The molecule has 7 heteroatoms. The van der Waals surface area contributed by atoms with E-state index in [4.69, 9.17) is 9.47 Å². The van der Waals surface area contributed by atoms with Gasteiger partial charge in [-0.2, -0.15) is 0 Å². The third-order valence-electron chi connectivity index (χ3n) is 5.27. The van der Waals surface area contributed by atoms with Gasteiger partial charge in [-0.1, -0.05) is 12.1 Å². The lowest BCUT2D eigenvalue weighted by molar-refractivity contribution is 0.122. The molecule has 3 aliphatic rings. The van der Waals surface area contributed by atoms with Crippen molar-refractivity contribution >= 4 is 22.9 Å². The molecule has 0 aliphatic carbocycles. The van der Waals surface area contributed by atoms with E-state index >= 15 is 0 Å². The third-order valence-corrected chi connectivity index (χ3v) is 5.27. The normalized spacial score (nSPS) is 19.1. The minimum absolute atomic E-state index is 0.453. The zero-order chi connectivity index (χ0) is 18.1. The van der Waals surface area contributed by atoms with Crippen molar-refractivity contribution in [3.63, 3.8) is 0 Å². The van der Waals surface area contributed by atoms with Gasteiger partial charge in [-0.3, -0.25) is 0 Å². The predicted octanol–water partition coefficient (Wildman–Crippen LogP) is 2.33. The minimum atomic E-state index is 0.453. The summed E-state index contributed by atoms with van der Waals surface area (Å²) in [4.78, 5) is 11.3. The highest BCUT2D eigenvalue weighted by Crippen LogP contribution is 2.37. The molecular weight excluding hydrogens is 342 g/mol. The van der Waals surface area contributed by atoms with Crippen LogP contribution in [-0.4, -0.2) is 49.4 Å². The molecule has 1 aromatic heterocycles. The molecule has 2 N–H and O–H groups in total. The Morgan fingerprint density at radius 1 is 1.11 bits per heavy atom. The Kier molecular flexibility index (Phi) is 4.39. The standard InChI is InChI=1S/C20H23N5O2/c1-2-18-17(11-15(1)14-3-5-21-6-4-14)24-19-16(12-27-18)20(23-13-22-19)25-7-9-26-10-8-25/h1-3,11,13,21H,4-10,12H2,(H,22,23,24). The number of aromatic nitrogens is 2. The fraction of sp³-hybridized carbons (Fsp3) is 0.400. The van der Waals surface area contributed by atoms with Crippen molar-refractivity contribution < 1.29 is 9.47 Å². The Balaban J connectivity index is 1.48. The first kappa shape index (κ1) is 16.5. The summed E-state index contributed by atoms with van der Waals surface area (Å²) in [6.45, 7) is 5.52. The predicted molar refractivity (Wildman–Crippen MR) is 105 cm³/mol. The van der Waals surface area contributed by atoms with Crippen LogP contribution in [-0.2, 0) is 11.3 Å². The molecule has 5 rings (SSSR count). The van der Waals surface area contributed by atoms with Gasteiger partial charge in [0.2, 0.25) is 0 Å². The maximum atomic E-state index is 6.12. The van der Waals surface area contributed by atoms with Gasteiger partial charge >= 0.3 is 0 Å². The second-order valence-corrected chi connectivity index (χ2v) is 6.93. The van der Waals surface area contributed by atoms with Crippen LogP contribution in [0.5, 0.6) is 5.75 Å². The average Bonchev–Trinajstić information content (AvgIpc) is 2.93. The summed E-state index contributed by atoms with van der Waals surface area (Å²) in [7, 11) is 0. The molecule has 27 heavy (non-hydrogen) atoms. The highest BCUT2D eigenvalue weighted by Gasteiger charge is 2.23. The Labute approximate surface area is 158 Å². The highest BCUT2D eigenvalue weighted by molar-refractivity contribution is 5.77. The molecule has 0 unspecified atom stereocenters. The summed E-state index contributed by atoms with van der Waals surface area (Å²) in [5.41, 5.74) is 4.56. The molecule has 4 heterocycles. The van der Waals surface area contributed by atoms with Crippen LogP contribution in [0.4, 0.5) is 17.3 Å². The summed E-state index contributed by atoms with van der Waals surface area (Å²) in [5.74, 6) is 2.60. The van der Waals surface area contributed by atoms with Gasteiger partial charge in [0.15, 0.2) is 0 Å². The van der Waals surface area contributed by atoms with Crippen LogP contribution in [0.1, 0.15) is 17.5 Å². The zero-order valence-electron chi connectivity index (χ0n) is 15.2. The van der Waals surface area contributed by atoms with E-state index in [2.05, 4.69) is 43.7 Å². The van der Waals surface area contributed by atoms with E-state index in [0.717, 1.165) is 74.4 Å². The maximum absolute atomic E-state index is 6.12. The minimum Gasteiger partial charge on any atom is -0.486 e. The summed E-state index contributed by atoms with van der Waals surface area (Å²) >= 11 is 0. The van der Waals surface area contributed by atoms with Gasteiger partial charge in [0, 0.05) is 19.6 Å². The molecule has 0 radical (unpaired) electrons. The number of anilines is 3. The van der Waals surface area contributed by atoms with Crippen molar-refractivity contribution in [2.45, 2.75) is 13.0 Å². The van der Waals surface area contributed by atoms with Gasteiger partial charge in [-0.15, -0.1) is 0 Å². The first-order chi connectivity index (χ1) is 13.4. The van der Waals surface area contributed by atoms with Crippen LogP contribution >= 0.6 is 0 Å². The number of morpholine rings is 1. The number of nitrogens with zero attached hydrogens (tertiary/aromatic N) is 3. The van der Waals surface area contributed by atoms with E-state index in [0.29, 0.717) is 6.61 Å². The first-order valence-corrected chi connectivity index (χ1v) is 9.49. The van der Waals surface area contributed by atoms with Crippen molar-refractivity contribution in [2.24, 2.45) is 0 Å². The van der Waals surface area contributed by atoms with Gasteiger partial charge < -0.3 is 25.0 Å². The Bertz CT molecular complexity index is 877. The number of hydrogen-bond donors (Lipinski definition) is 2. The van der Waals surface area contributed by atoms with Gasteiger partial charge in [0.1, 0.15) is 30.3 Å². The quantitative estimate of drug-likeness (QED) is 0.846. The smallest absolute Gasteiger partial charge is 0.143 e. The van der Waals surface area contributed by atoms with Crippen molar-refractivity contribution in [1.29, 1.82) is 0 Å². The number of benzene rings is 1. The van der Waals surface area contributed by atoms with Crippen LogP contribution in [0.15, 0.2) is 30.6 Å². The number of rotatable bonds is 2. The molecule has 3 aliphatic heterocycles. The second kappa shape index (κ2) is 7.17. The second-order valence-electron chi connectivity index (χ2n) is 6.93. The fourth-order valence-corrected chi connectivity index (χ4v) is 3.81. The van der Waals surface area contributed by atoms with Crippen molar-refractivity contribution in [1.82, 2.24) is 15.3 Å². The molecular formula is C20H23N5O2. The van der Waals surface area contributed by atoms with E-state index < -0.39 is 0 Å². The lowest BCUT2D eigenvalue weighted by atomic mass is 9.99. The van der Waals surface area contributed by atoms with Crippen LogP contribution in [0.3, 0.4) is 0 Å². The zero-order valence-corrected chi connectivity index (χ0v) is 15.2. The number of fused-ring (bicyclic) bond motifs is 2.